The third-order valence-corrected chi connectivity index (χ3v) is 8.08. The number of carbonyl (C=O) groups is 2. The van der Waals surface area contributed by atoms with Gasteiger partial charge in [-0.3, -0.25) is 14.7 Å². The topological polar surface area (TPSA) is 188 Å². The third-order valence-electron chi connectivity index (χ3n) is 7.83. The van der Waals surface area contributed by atoms with Gasteiger partial charge in [-0.1, -0.05) is 23.7 Å². The molecule has 0 radical (unpaired) electrons. The number of aromatic nitrogens is 1. The molecule has 3 unspecified atom stereocenters. The van der Waals surface area contributed by atoms with Crippen LogP contribution in [0.5, 0.6) is 0 Å². The van der Waals surface area contributed by atoms with Crippen molar-refractivity contribution in [2.45, 2.75) is 63.3 Å². The summed E-state index contributed by atoms with van der Waals surface area (Å²) >= 11 is 6.15. The van der Waals surface area contributed by atoms with Crippen molar-refractivity contribution in [1.82, 2.24) is 14.8 Å². The fraction of sp³-hybridized carbons (Fsp3) is 0.480. The largest absolute Gasteiger partial charge is 0.465 e. The van der Waals surface area contributed by atoms with Gasteiger partial charge in [0, 0.05) is 41.0 Å². The summed E-state index contributed by atoms with van der Waals surface area (Å²) in [6, 6.07) is 4.25. The third kappa shape index (κ3) is 5.54. The molecule has 1 aliphatic carbocycles. The predicted octanol–water partition coefficient (Wildman–Crippen LogP) is 3.32. The van der Waals surface area contributed by atoms with Gasteiger partial charge in [0.05, 0.1) is 31.3 Å². The molecule has 1 saturated carbocycles. The Bertz CT molecular complexity index is 1340. The molecule has 1 saturated heterocycles. The molecule has 2 aromatic rings. The van der Waals surface area contributed by atoms with Crippen molar-refractivity contribution in [3.63, 3.8) is 0 Å². The number of amides is 2. The van der Waals surface area contributed by atoms with Crippen LogP contribution in [-0.2, 0) is 32.4 Å². The first kappa shape index (κ1) is 28.3. The highest BCUT2D eigenvalue weighted by atomic mass is 35.5. The van der Waals surface area contributed by atoms with E-state index in [4.69, 9.17) is 16.3 Å². The SMILES string of the molecule is CC1CN(C(=O)C2C[C@H](O[N+](=O)[O-])[C@H](O[N+](=O)[O-])C2)[C@@H](c2ccc(Cl)cc2)C(c2cncc3c2COC3)N1C(=O)O. The van der Waals surface area contributed by atoms with Crippen molar-refractivity contribution < 1.29 is 39.3 Å². The lowest BCUT2D eigenvalue weighted by atomic mass is 9.84. The number of carboxylic acid groups (broad SMARTS) is 1. The lowest BCUT2D eigenvalue weighted by molar-refractivity contribution is -0.797. The van der Waals surface area contributed by atoms with Gasteiger partial charge in [0.2, 0.25) is 5.91 Å². The Kier molecular flexibility index (Phi) is 7.82. The molecule has 3 aliphatic rings. The Morgan fingerprint density at radius 1 is 1.05 bits per heavy atom. The highest BCUT2D eigenvalue weighted by Crippen LogP contribution is 2.47. The van der Waals surface area contributed by atoms with Crippen LogP contribution >= 0.6 is 11.6 Å². The zero-order valence-electron chi connectivity index (χ0n) is 21.7. The first-order chi connectivity index (χ1) is 19.5. The number of hydrogen-bond donors (Lipinski definition) is 1. The number of carbonyl (C=O) groups excluding carboxylic acids is 1. The van der Waals surface area contributed by atoms with Gasteiger partial charge in [-0.2, -0.15) is 0 Å². The summed E-state index contributed by atoms with van der Waals surface area (Å²) in [4.78, 5) is 65.4. The summed E-state index contributed by atoms with van der Waals surface area (Å²) in [5.74, 6) is -1.39. The fourth-order valence-corrected chi connectivity index (χ4v) is 6.29. The van der Waals surface area contributed by atoms with Crippen molar-refractivity contribution >= 4 is 23.6 Å². The standard InChI is InChI=1S/C25H26ClN5O10/c1-13-10-28(24(32)15-6-20(40-30(35)36)21(7-15)41-31(37)38)22(14-2-4-17(26)5-3-14)23(29(13)25(33)34)18-9-27-8-16-11-39-12-19(16)18/h2-5,8-9,13,15,20-23H,6-7,10-12H2,1H3,(H,33,34)/t13?,15?,20-,21+,22-,23?/m0/s1. The van der Waals surface area contributed by atoms with E-state index in [0.29, 0.717) is 22.8 Å². The molecule has 3 heterocycles. The van der Waals surface area contributed by atoms with Gasteiger partial charge in [0.15, 0.2) is 0 Å². The zero-order valence-corrected chi connectivity index (χ0v) is 22.5. The van der Waals surface area contributed by atoms with Gasteiger partial charge >= 0.3 is 6.09 Å². The van der Waals surface area contributed by atoms with E-state index in [1.807, 2.05) is 0 Å². The Labute approximate surface area is 237 Å². The zero-order chi connectivity index (χ0) is 29.4. The van der Waals surface area contributed by atoms with E-state index in [1.165, 1.54) is 9.80 Å². The lowest BCUT2D eigenvalue weighted by Crippen LogP contribution is -2.59. The monoisotopic (exact) mass is 591 g/mol. The number of fused-ring (bicyclic) bond motifs is 1. The van der Waals surface area contributed by atoms with Gasteiger partial charge in [0.1, 0.15) is 12.2 Å². The first-order valence-corrected chi connectivity index (χ1v) is 13.2. The van der Waals surface area contributed by atoms with Gasteiger partial charge in [-0.25, -0.2) is 4.79 Å². The number of piperazine rings is 1. The number of ether oxygens (including phenoxy) is 1. The van der Waals surface area contributed by atoms with Crippen molar-refractivity contribution in [2.75, 3.05) is 6.54 Å². The maximum absolute atomic E-state index is 14.2. The number of benzene rings is 1. The predicted molar refractivity (Wildman–Crippen MR) is 137 cm³/mol. The average molecular weight is 592 g/mol. The van der Waals surface area contributed by atoms with E-state index >= 15 is 0 Å². The lowest BCUT2D eigenvalue weighted by Gasteiger charge is -2.51. The van der Waals surface area contributed by atoms with Crippen LogP contribution < -0.4 is 0 Å². The summed E-state index contributed by atoms with van der Waals surface area (Å²) in [6.45, 7) is 2.23. The molecule has 0 bridgehead atoms. The van der Waals surface area contributed by atoms with Crippen LogP contribution in [0.2, 0.25) is 5.02 Å². The molecular formula is C25H26ClN5O10. The Balaban J connectivity index is 1.59. The summed E-state index contributed by atoms with van der Waals surface area (Å²) in [7, 11) is 0. The molecule has 2 fully saturated rings. The Morgan fingerprint density at radius 3 is 2.27 bits per heavy atom. The maximum atomic E-state index is 14.2. The summed E-state index contributed by atoms with van der Waals surface area (Å²) < 4.78 is 5.63. The summed E-state index contributed by atoms with van der Waals surface area (Å²) in [6.07, 6.45) is -0.997. The molecule has 6 atom stereocenters. The van der Waals surface area contributed by atoms with Gasteiger partial charge in [-0.05, 0) is 43.0 Å². The molecule has 1 aromatic carbocycles. The quantitative estimate of drug-likeness (QED) is 0.367. The molecule has 2 amide bonds. The second kappa shape index (κ2) is 11.3. The second-order valence-corrected chi connectivity index (χ2v) is 10.7. The molecule has 1 aromatic heterocycles. The van der Waals surface area contributed by atoms with E-state index in [-0.39, 0.29) is 26.0 Å². The van der Waals surface area contributed by atoms with Crippen molar-refractivity contribution in [2.24, 2.45) is 5.92 Å². The van der Waals surface area contributed by atoms with Crippen LogP contribution in [0.25, 0.3) is 0 Å². The van der Waals surface area contributed by atoms with E-state index < -0.39 is 58.4 Å². The molecule has 0 spiro atoms. The van der Waals surface area contributed by atoms with E-state index in [9.17, 15) is 34.9 Å². The van der Waals surface area contributed by atoms with Crippen LogP contribution in [0.3, 0.4) is 0 Å². The number of hydrogen-bond acceptors (Lipinski definition) is 10. The van der Waals surface area contributed by atoms with Crippen LogP contribution in [0.15, 0.2) is 36.7 Å². The minimum atomic E-state index is -1.33. The van der Waals surface area contributed by atoms with Gasteiger partial charge < -0.3 is 24.4 Å². The van der Waals surface area contributed by atoms with Crippen LogP contribution in [-0.4, -0.2) is 66.9 Å². The Morgan fingerprint density at radius 2 is 1.68 bits per heavy atom. The van der Waals surface area contributed by atoms with Crippen molar-refractivity contribution in [3.05, 3.63) is 84.2 Å². The molecular weight excluding hydrogens is 566 g/mol. The Hall–Kier alpha value is -4.24. The number of halogens is 1. The van der Waals surface area contributed by atoms with E-state index in [0.717, 1.165) is 11.1 Å². The number of pyridine rings is 1. The molecule has 15 nitrogen and oxygen atoms in total. The minimum absolute atomic E-state index is 0.00804. The van der Waals surface area contributed by atoms with E-state index in [2.05, 4.69) is 14.7 Å². The van der Waals surface area contributed by atoms with E-state index in [1.54, 1.807) is 43.6 Å². The van der Waals surface area contributed by atoms with Gasteiger partial charge in [0.25, 0.3) is 10.2 Å². The fourth-order valence-electron chi connectivity index (χ4n) is 6.17. The summed E-state index contributed by atoms with van der Waals surface area (Å²) in [5, 5.41) is 30.7. The molecule has 41 heavy (non-hydrogen) atoms. The molecule has 218 valence electrons. The van der Waals surface area contributed by atoms with Crippen LogP contribution in [0.4, 0.5) is 4.79 Å². The number of nitrogens with zero attached hydrogens (tertiary/aromatic N) is 5. The second-order valence-electron chi connectivity index (χ2n) is 10.2. The highest BCUT2D eigenvalue weighted by molar-refractivity contribution is 6.30. The first-order valence-electron chi connectivity index (χ1n) is 12.8. The minimum Gasteiger partial charge on any atom is -0.465 e. The van der Waals surface area contributed by atoms with Crippen molar-refractivity contribution in [1.29, 1.82) is 0 Å². The smallest absolute Gasteiger partial charge is 0.408 e. The normalized spacial score (nSPS) is 27.3. The molecule has 5 rings (SSSR count). The summed E-state index contributed by atoms with van der Waals surface area (Å²) in [5.41, 5.74) is 2.78. The van der Waals surface area contributed by atoms with Crippen LogP contribution in [0, 0.1) is 26.1 Å². The molecule has 16 heteroatoms. The van der Waals surface area contributed by atoms with Gasteiger partial charge in [-0.15, -0.1) is 20.2 Å². The van der Waals surface area contributed by atoms with Crippen LogP contribution in [0.1, 0.15) is 54.1 Å². The molecule has 1 N–H and O–H groups in total. The maximum Gasteiger partial charge on any atom is 0.408 e. The average Bonchev–Trinajstić information content (AvgIpc) is 3.54. The highest BCUT2D eigenvalue weighted by Gasteiger charge is 2.51. The molecule has 2 aliphatic heterocycles. The van der Waals surface area contributed by atoms with Crippen molar-refractivity contribution in [3.8, 4) is 0 Å². The number of rotatable bonds is 7.